The van der Waals surface area contributed by atoms with Crippen LogP contribution in [0.5, 0.6) is 0 Å². The first kappa shape index (κ1) is 22.0. The lowest BCUT2D eigenvalue weighted by Gasteiger charge is -2.34. The maximum absolute atomic E-state index is 15.1. The average molecular weight is 477 g/mol. The standard InChI is InChI=1S/C25H29FN8O/c1-15-6-10-33-20(11-15)28-22(23(33)26)25(35)32-8-4-3-5-19(32)18-12-21-29-24(16(2)13-34(21)30-18)31-9-7-17(27)14-31/h6,10-13,17,19H,3-5,7-9,14,27H2,1-2H3/t17-,19-/m0/s1. The van der Waals surface area contributed by atoms with Gasteiger partial charge in [-0.25, -0.2) is 14.5 Å². The molecule has 0 aliphatic carbocycles. The SMILES string of the molecule is Cc1ccn2c(F)c(C(=O)N3CCCC[C@H]3c3cc4nc(N5CC[C@H](N)C5)c(C)cn4n3)nc2c1. The molecule has 2 N–H and O–H groups in total. The molecule has 2 atom stereocenters. The molecule has 2 saturated heterocycles. The highest BCUT2D eigenvalue weighted by atomic mass is 19.1. The van der Waals surface area contributed by atoms with Gasteiger partial charge in [0.1, 0.15) is 11.5 Å². The second kappa shape index (κ2) is 8.30. The number of likely N-dealkylation sites (tertiary alicyclic amines) is 1. The van der Waals surface area contributed by atoms with Gasteiger partial charge in [-0.1, -0.05) is 0 Å². The predicted octanol–water partition coefficient (Wildman–Crippen LogP) is 3.04. The molecule has 0 spiro atoms. The second-order valence-corrected chi connectivity index (χ2v) is 9.81. The highest BCUT2D eigenvalue weighted by Gasteiger charge is 2.34. The first-order chi connectivity index (χ1) is 16.9. The summed E-state index contributed by atoms with van der Waals surface area (Å²) in [7, 11) is 0. The Hall–Kier alpha value is -3.53. The zero-order chi connectivity index (χ0) is 24.3. The number of aromatic nitrogens is 5. The van der Waals surface area contributed by atoms with Gasteiger partial charge in [-0.15, -0.1) is 0 Å². The normalized spacial score (nSPS) is 20.9. The Morgan fingerprint density at radius 3 is 2.77 bits per heavy atom. The summed E-state index contributed by atoms with van der Waals surface area (Å²) in [5.74, 6) is -0.105. The molecule has 2 aliphatic rings. The molecule has 182 valence electrons. The van der Waals surface area contributed by atoms with Crippen LogP contribution in [0.25, 0.3) is 11.3 Å². The van der Waals surface area contributed by atoms with Crippen LogP contribution in [-0.4, -0.2) is 60.5 Å². The largest absolute Gasteiger partial charge is 0.355 e. The molecule has 6 rings (SSSR count). The lowest BCUT2D eigenvalue weighted by molar-refractivity contribution is 0.0594. The number of imidazole rings is 1. The van der Waals surface area contributed by atoms with Gasteiger partial charge >= 0.3 is 0 Å². The second-order valence-electron chi connectivity index (χ2n) is 9.81. The highest BCUT2D eigenvalue weighted by Crippen LogP contribution is 2.33. The van der Waals surface area contributed by atoms with Crippen LogP contribution in [0, 0.1) is 19.8 Å². The van der Waals surface area contributed by atoms with Crippen LogP contribution < -0.4 is 10.6 Å². The summed E-state index contributed by atoms with van der Waals surface area (Å²) in [6.45, 7) is 6.16. The van der Waals surface area contributed by atoms with Crippen LogP contribution in [0.2, 0.25) is 0 Å². The van der Waals surface area contributed by atoms with E-state index in [9.17, 15) is 4.79 Å². The van der Waals surface area contributed by atoms with Gasteiger partial charge in [0.05, 0.1) is 11.7 Å². The summed E-state index contributed by atoms with van der Waals surface area (Å²) in [4.78, 5) is 26.7. The molecule has 9 nitrogen and oxygen atoms in total. The van der Waals surface area contributed by atoms with E-state index in [1.807, 2.05) is 26.1 Å². The van der Waals surface area contributed by atoms with Crippen molar-refractivity contribution in [1.82, 2.24) is 28.9 Å². The van der Waals surface area contributed by atoms with Gasteiger partial charge in [0.15, 0.2) is 11.3 Å². The number of carbonyl (C=O) groups excluding carboxylic acids is 1. The third-order valence-corrected chi connectivity index (χ3v) is 7.18. The van der Waals surface area contributed by atoms with Crippen LogP contribution in [0.15, 0.2) is 30.6 Å². The van der Waals surface area contributed by atoms with Gasteiger partial charge in [0, 0.05) is 49.7 Å². The lowest BCUT2D eigenvalue weighted by atomic mass is 9.99. The van der Waals surface area contributed by atoms with E-state index in [-0.39, 0.29) is 17.8 Å². The zero-order valence-corrected chi connectivity index (χ0v) is 20.0. The maximum Gasteiger partial charge on any atom is 0.277 e. The number of amides is 1. The van der Waals surface area contributed by atoms with Crippen molar-refractivity contribution in [3.63, 3.8) is 0 Å². The number of nitrogens with two attached hydrogens (primary N) is 1. The summed E-state index contributed by atoms with van der Waals surface area (Å²) in [6, 6.07) is 5.42. The molecular formula is C25H29FN8O. The van der Waals surface area contributed by atoms with Crippen molar-refractivity contribution in [3.8, 4) is 0 Å². The van der Waals surface area contributed by atoms with Gasteiger partial charge in [0.25, 0.3) is 5.91 Å². The summed E-state index contributed by atoms with van der Waals surface area (Å²) < 4.78 is 18.2. The summed E-state index contributed by atoms with van der Waals surface area (Å²) in [6.07, 6.45) is 7.13. The Balaban J connectivity index is 1.34. The average Bonchev–Trinajstić information content (AvgIpc) is 3.54. The number of piperidine rings is 1. The molecule has 10 heteroatoms. The van der Waals surface area contributed by atoms with Crippen molar-refractivity contribution in [2.24, 2.45) is 5.73 Å². The minimum atomic E-state index is -0.630. The molecule has 2 aliphatic heterocycles. The number of fused-ring (bicyclic) bond motifs is 2. The number of rotatable bonds is 3. The van der Waals surface area contributed by atoms with Gasteiger partial charge in [0.2, 0.25) is 5.95 Å². The number of carbonyl (C=O) groups is 1. The molecule has 6 heterocycles. The first-order valence-electron chi connectivity index (χ1n) is 12.2. The van der Waals surface area contributed by atoms with Gasteiger partial charge < -0.3 is 15.5 Å². The molecule has 35 heavy (non-hydrogen) atoms. The van der Waals surface area contributed by atoms with Crippen LogP contribution >= 0.6 is 0 Å². The van der Waals surface area contributed by atoms with Crippen molar-refractivity contribution in [2.45, 2.75) is 51.6 Å². The van der Waals surface area contributed by atoms with Crippen molar-refractivity contribution in [3.05, 3.63) is 59.1 Å². The van der Waals surface area contributed by atoms with E-state index < -0.39 is 11.9 Å². The molecule has 0 unspecified atom stereocenters. The number of hydrogen-bond acceptors (Lipinski definition) is 6. The molecule has 0 aromatic carbocycles. The summed E-state index contributed by atoms with van der Waals surface area (Å²) in [5.41, 5.74) is 9.87. The quantitative estimate of drug-likeness (QED) is 0.488. The fourth-order valence-corrected chi connectivity index (χ4v) is 5.35. The summed E-state index contributed by atoms with van der Waals surface area (Å²) >= 11 is 0. The Morgan fingerprint density at radius 1 is 1.11 bits per heavy atom. The molecule has 0 radical (unpaired) electrons. The van der Waals surface area contributed by atoms with E-state index in [1.54, 1.807) is 27.7 Å². The lowest BCUT2D eigenvalue weighted by Crippen LogP contribution is -2.39. The number of nitrogens with zero attached hydrogens (tertiary/aromatic N) is 7. The van der Waals surface area contributed by atoms with E-state index >= 15 is 4.39 Å². The van der Waals surface area contributed by atoms with Gasteiger partial charge in [-0.2, -0.15) is 9.49 Å². The fourth-order valence-electron chi connectivity index (χ4n) is 5.35. The van der Waals surface area contributed by atoms with E-state index in [4.69, 9.17) is 15.8 Å². The number of aryl methyl sites for hydroxylation is 2. The molecule has 0 bridgehead atoms. The minimum Gasteiger partial charge on any atom is -0.355 e. The van der Waals surface area contributed by atoms with Crippen LogP contribution in [0.3, 0.4) is 0 Å². The molecular weight excluding hydrogens is 447 g/mol. The molecule has 1 amide bonds. The highest BCUT2D eigenvalue weighted by molar-refractivity contribution is 5.93. The van der Waals surface area contributed by atoms with E-state index in [1.165, 1.54) is 4.40 Å². The smallest absolute Gasteiger partial charge is 0.277 e. The number of hydrogen-bond donors (Lipinski definition) is 1. The van der Waals surface area contributed by atoms with Crippen LogP contribution in [0.1, 0.15) is 59.0 Å². The summed E-state index contributed by atoms with van der Waals surface area (Å²) in [5, 5.41) is 4.78. The van der Waals surface area contributed by atoms with E-state index in [0.29, 0.717) is 12.2 Å². The molecule has 4 aromatic heterocycles. The Labute approximate surface area is 202 Å². The van der Waals surface area contributed by atoms with Gasteiger partial charge in [-0.3, -0.25) is 9.20 Å². The van der Waals surface area contributed by atoms with Crippen molar-refractivity contribution in [2.75, 3.05) is 24.5 Å². The zero-order valence-electron chi connectivity index (χ0n) is 20.0. The van der Waals surface area contributed by atoms with E-state index in [2.05, 4.69) is 9.88 Å². The molecule has 2 fully saturated rings. The monoisotopic (exact) mass is 476 g/mol. The Kier molecular flexibility index (Phi) is 5.21. The van der Waals surface area contributed by atoms with Gasteiger partial charge in [-0.05, 0) is 57.2 Å². The maximum atomic E-state index is 15.1. The third kappa shape index (κ3) is 3.72. The first-order valence-corrected chi connectivity index (χ1v) is 12.2. The fraction of sp³-hybridized carbons (Fsp3) is 0.440. The Bertz CT molecular complexity index is 1440. The minimum absolute atomic E-state index is 0.145. The number of anilines is 1. The molecule has 0 saturated carbocycles. The van der Waals surface area contributed by atoms with Crippen molar-refractivity contribution < 1.29 is 9.18 Å². The predicted molar refractivity (Wildman–Crippen MR) is 130 cm³/mol. The van der Waals surface area contributed by atoms with Crippen LogP contribution in [-0.2, 0) is 0 Å². The molecule has 4 aromatic rings. The topological polar surface area (TPSA) is 97.1 Å². The van der Waals surface area contributed by atoms with Crippen molar-refractivity contribution in [1.29, 1.82) is 0 Å². The number of pyridine rings is 1. The third-order valence-electron chi connectivity index (χ3n) is 7.18. The van der Waals surface area contributed by atoms with Crippen LogP contribution in [0.4, 0.5) is 10.2 Å². The number of halogens is 1. The Morgan fingerprint density at radius 2 is 1.97 bits per heavy atom. The van der Waals surface area contributed by atoms with E-state index in [0.717, 1.165) is 67.1 Å². The van der Waals surface area contributed by atoms with Crippen molar-refractivity contribution >= 4 is 23.0 Å².